The molecule has 50 heavy (non-hydrogen) atoms. The summed E-state index contributed by atoms with van der Waals surface area (Å²) < 4.78 is 0. The number of nitrogens with one attached hydrogen (secondary N) is 4. The maximum Gasteiger partial charge on any atom is 0.315 e. The quantitative estimate of drug-likeness (QED) is 0.171. The van der Waals surface area contributed by atoms with Crippen LogP contribution in [0.1, 0.15) is 105 Å². The first-order valence-corrected chi connectivity index (χ1v) is 19.0. The van der Waals surface area contributed by atoms with Crippen LogP contribution in [0, 0.1) is 34.5 Å². The molecule has 0 aromatic heterocycles. The van der Waals surface area contributed by atoms with E-state index in [9.17, 15) is 28.8 Å². The lowest BCUT2D eigenvalue weighted by molar-refractivity contribution is -0.145. The highest BCUT2D eigenvalue weighted by molar-refractivity contribution is 6.38. The molecule has 2 saturated heterocycles. The van der Waals surface area contributed by atoms with Crippen LogP contribution in [0.3, 0.4) is 0 Å². The van der Waals surface area contributed by atoms with E-state index in [0.29, 0.717) is 26.1 Å². The number of urea groups is 1. The fourth-order valence-electron chi connectivity index (χ4n) is 8.80. The molecule has 6 amide bonds. The Bertz CT molecular complexity index is 1330. The molecule has 0 aromatic rings. The molecular formula is C38H60N6O6. The summed E-state index contributed by atoms with van der Waals surface area (Å²) in [5.41, 5.74) is -0.505. The molecule has 6 atom stereocenters. The number of Topliss-reactive ketones (excluding diaryl/α,β-unsaturated/α-hetero) is 1. The maximum absolute atomic E-state index is 14.7. The normalized spacial score (nSPS) is 26.8. The first-order chi connectivity index (χ1) is 23.6. The average Bonchev–Trinajstić information content (AvgIpc) is 3.36. The number of hydrogen-bond donors (Lipinski definition) is 4. The average molecular weight is 697 g/mol. The highest BCUT2D eigenvalue weighted by atomic mass is 16.2. The number of hydrogen-bond acceptors (Lipinski definition) is 6. The van der Waals surface area contributed by atoms with Gasteiger partial charge in [0.15, 0.2) is 0 Å². The van der Waals surface area contributed by atoms with E-state index >= 15 is 0 Å². The lowest BCUT2D eigenvalue weighted by atomic mass is 9.77. The molecule has 2 heterocycles. The van der Waals surface area contributed by atoms with Gasteiger partial charge in [-0.05, 0) is 73.0 Å². The van der Waals surface area contributed by atoms with E-state index < -0.39 is 41.8 Å². The van der Waals surface area contributed by atoms with E-state index in [4.69, 9.17) is 0 Å². The molecule has 3 aliphatic carbocycles. The summed E-state index contributed by atoms with van der Waals surface area (Å²) in [6.07, 6.45) is 10.8. The van der Waals surface area contributed by atoms with Gasteiger partial charge in [0, 0.05) is 32.6 Å². The highest BCUT2D eigenvalue weighted by Gasteiger charge is 2.70. The zero-order valence-corrected chi connectivity index (χ0v) is 30.9. The zero-order chi connectivity index (χ0) is 36.4. The summed E-state index contributed by atoms with van der Waals surface area (Å²) in [5, 5.41) is 11.7. The van der Waals surface area contributed by atoms with Gasteiger partial charge in [-0.3, -0.25) is 24.0 Å². The van der Waals surface area contributed by atoms with Crippen molar-refractivity contribution in [3.05, 3.63) is 12.7 Å². The number of fused-ring (bicyclic) bond motifs is 1. The fourth-order valence-corrected chi connectivity index (χ4v) is 8.80. The van der Waals surface area contributed by atoms with Gasteiger partial charge in [-0.2, -0.15) is 0 Å². The molecule has 5 aliphatic rings. The highest BCUT2D eigenvalue weighted by Crippen LogP contribution is 2.65. The van der Waals surface area contributed by atoms with Crippen LogP contribution >= 0.6 is 0 Å². The van der Waals surface area contributed by atoms with Crippen LogP contribution < -0.4 is 21.3 Å². The van der Waals surface area contributed by atoms with E-state index in [1.165, 1.54) is 6.08 Å². The summed E-state index contributed by atoms with van der Waals surface area (Å²) in [7, 11) is 0. The molecule has 0 radical (unpaired) electrons. The van der Waals surface area contributed by atoms with Gasteiger partial charge in [0.2, 0.25) is 23.5 Å². The molecule has 12 nitrogen and oxygen atoms in total. The zero-order valence-electron chi connectivity index (χ0n) is 30.9. The summed E-state index contributed by atoms with van der Waals surface area (Å²) in [6, 6.07) is -3.38. The largest absolute Gasteiger partial charge is 0.346 e. The minimum atomic E-state index is -0.960. The van der Waals surface area contributed by atoms with Gasteiger partial charge in [-0.25, -0.2) is 4.79 Å². The molecule has 2 aliphatic heterocycles. The van der Waals surface area contributed by atoms with Crippen molar-refractivity contribution in [2.45, 2.75) is 129 Å². The molecule has 3 saturated carbocycles. The number of nitrogens with zero attached hydrogens (tertiary/aromatic N) is 2. The van der Waals surface area contributed by atoms with Crippen molar-refractivity contribution < 1.29 is 28.8 Å². The standard InChI is InChI=1S/C38H60N6O6/c1-7-19-39-34(48)32(46)29(23-16-13-17-23)41-33(47)31-28-25(38(28,5)6)21-44(31)35(49)30(24-14-9-8-10-15-24)42-36(50)40-26(37(2,3)4)22-43-20-12-11-18-27(43)45/h7,23-26,28-31H,1,8-22H2,2-6H3,(H,39,48)(H,41,47)(H2,40,42,50)/t25-,26+,28-,29?,30-,31-/m0/s1. The Labute approximate surface area is 297 Å². The number of rotatable bonds is 13. The smallest absolute Gasteiger partial charge is 0.315 e. The Balaban J connectivity index is 1.34. The third kappa shape index (κ3) is 8.20. The first-order valence-electron chi connectivity index (χ1n) is 19.0. The predicted octanol–water partition coefficient (Wildman–Crippen LogP) is 3.30. The van der Waals surface area contributed by atoms with Gasteiger partial charge in [0.25, 0.3) is 5.91 Å². The molecule has 5 rings (SSSR count). The van der Waals surface area contributed by atoms with Gasteiger partial charge >= 0.3 is 6.03 Å². The van der Waals surface area contributed by atoms with Crippen molar-refractivity contribution in [2.24, 2.45) is 34.5 Å². The Hall–Kier alpha value is -3.44. The van der Waals surface area contributed by atoms with Crippen molar-refractivity contribution in [3.8, 4) is 0 Å². The third-order valence-corrected chi connectivity index (χ3v) is 12.4. The van der Waals surface area contributed by atoms with Crippen LogP contribution in [0.2, 0.25) is 0 Å². The second-order valence-electron chi connectivity index (χ2n) is 17.1. The van der Waals surface area contributed by atoms with Crippen molar-refractivity contribution in [3.63, 3.8) is 0 Å². The monoisotopic (exact) mass is 696 g/mol. The number of amides is 6. The van der Waals surface area contributed by atoms with Crippen LogP contribution in [0.25, 0.3) is 0 Å². The third-order valence-electron chi connectivity index (χ3n) is 12.4. The van der Waals surface area contributed by atoms with Crippen LogP contribution in [0.15, 0.2) is 12.7 Å². The van der Waals surface area contributed by atoms with Crippen molar-refractivity contribution in [1.82, 2.24) is 31.1 Å². The van der Waals surface area contributed by atoms with Crippen LogP contribution in [-0.2, 0) is 24.0 Å². The van der Waals surface area contributed by atoms with Gasteiger partial charge in [0.1, 0.15) is 18.1 Å². The lowest BCUT2D eigenvalue weighted by Crippen LogP contribution is -2.62. The van der Waals surface area contributed by atoms with Crippen molar-refractivity contribution in [2.75, 3.05) is 26.2 Å². The van der Waals surface area contributed by atoms with Gasteiger partial charge in [-0.15, -0.1) is 6.58 Å². The second-order valence-corrected chi connectivity index (χ2v) is 17.1. The van der Waals surface area contributed by atoms with E-state index in [2.05, 4.69) is 41.7 Å². The van der Waals surface area contributed by atoms with Crippen LogP contribution in [-0.4, -0.2) is 95.6 Å². The Morgan fingerprint density at radius 3 is 2.16 bits per heavy atom. The molecular weight excluding hydrogens is 636 g/mol. The number of piperidine rings is 2. The van der Waals surface area contributed by atoms with E-state index in [1.807, 2.05) is 25.7 Å². The number of likely N-dealkylation sites (tertiary alicyclic amines) is 2. The molecule has 12 heteroatoms. The number of ketones is 1. The minimum Gasteiger partial charge on any atom is -0.346 e. The van der Waals surface area contributed by atoms with Gasteiger partial charge < -0.3 is 31.1 Å². The van der Waals surface area contributed by atoms with E-state index in [1.54, 1.807) is 4.90 Å². The Kier molecular flexibility index (Phi) is 11.7. The van der Waals surface area contributed by atoms with Gasteiger partial charge in [0.05, 0.1) is 6.04 Å². The molecule has 278 valence electrons. The molecule has 0 aromatic carbocycles. The summed E-state index contributed by atoms with van der Waals surface area (Å²) in [6.45, 7) is 15.5. The van der Waals surface area contributed by atoms with E-state index in [-0.39, 0.29) is 58.9 Å². The number of carbonyl (C=O) groups excluding carboxylic acids is 6. The molecule has 1 unspecified atom stereocenters. The summed E-state index contributed by atoms with van der Waals surface area (Å²) in [4.78, 5) is 84.8. The molecule has 0 spiro atoms. The Morgan fingerprint density at radius 1 is 0.900 bits per heavy atom. The van der Waals surface area contributed by atoms with E-state index in [0.717, 1.165) is 64.2 Å². The molecule has 0 bridgehead atoms. The second kappa shape index (κ2) is 15.4. The van der Waals surface area contributed by atoms with Crippen LogP contribution in [0.5, 0.6) is 0 Å². The predicted molar refractivity (Wildman–Crippen MR) is 189 cm³/mol. The SMILES string of the molecule is C=CCNC(=O)C(=O)C(NC(=O)[C@@H]1[C@@H]2[C@H](CN1C(=O)[C@@H](NC(=O)N[C@H](CN1CCCCC1=O)C(C)(C)C)C1CCCCC1)C2(C)C)C1CCC1. The van der Waals surface area contributed by atoms with Gasteiger partial charge in [-0.1, -0.05) is 66.4 Å². The summed E-state index contributed by atoms with van der Waals surface area (Å²) in [5.74, 6) is -2.21. The lowest BCUT2D eigenvalue weighted by Gasteiger charge is -2.39. The van der Waals surface area contributed by atoms with Crippen molar-refractivity contribution >= 4 is 35.4 Å². The topological polar surface area (TPSA) is 157 Å². The first kappa shape index (κ1) is 37.8. The molecule has 4 N–H and O–H groups in total. The Morgan fingerprint density at radius 2 is 1.56 bits per heavy atom. The number of carbonyl (C=O) groups is 6. The fraction of sp³-hybridized carbons (Fsp3) is 0.789. The minimum absolute atomic E-state index is 0.0785. The maximum atomic E-state index is 14.7. The van der Waals surface area contributed by atoms with Crippen molar-refractivity contribution in [1.29, 1.82) is 0 Å². The molecule has 5 fully saturated rings. The van der Waals surface area contributed by atoms with Crippen LogP contribution in [0.4, 0.5) is 4.79 Å². The summed E-state index contributed by atoms with van der Waals surface area (Å²) >= 11 is 0.